The summed E-state index contributed by atoms with van der Waals surface area (Å²) in [4.78, 5) is 0. The zero-order valence-electron chi connectivity index (χ0n) is 4.95. The molecule has 0 atom stereocenters. The maximum absolute atomic E-state index is 9.94. The Hall–Kier alpha value is -0.670. The van der Waals surface area contributed by atoms with Crippen LogP contribution in [0.4, 0.5) is 5.69 Å². The number of hydrogen-bond acceptors (Lipinski definition) is 2. The van der Waals surface area contributed by atoms with Gasteiger partial charge in [-0.1, -0.05) is 23.7 Å². The van der Waals surface area contributed by atoms with Crippen LogP contribution in [0.2, 0.25) is 5.02 Å². The van der Waals surface area contributed by atoms with Crippen LogP contribution in [-0.2, 0) is 11.5 Å². The molecule has 0 aliphatic rings. The van der Waals surface area contributed by atoms with E-state index in [0.717, 1.165) is 0 Å². The predicted molar refractivity (Wildman–Crippen MR) is 41.7 cm³/mol. The van der Waals surface area contributed by atoms with Gasteiger partial charge >= 0.3 is 0 Å². The first-order chi connectivity index (χ1) is 4.84. The minimum atomic E-state index is 0.159. The second-order valence-corrected chi connectivity index (χ2v) is 2.36. The number of rotatable bonds is 1. The molecule has 0 aliphatic carbocycles. The Kier molecular flexibility index (Phi) is 2.59. The van der Waals surface area contributed by atoms with E-state index in [1.165, 1.54) is 0 Å². The van der Waals surface area contributed by atoms with Gasteiger partial charge in [0.25, 0.3) is 0 Å². The Balaban J connectivity index is 3.14. The predicted octanol–water partition coefficient (Wildman–Crippen LogP) is 2.37. The lowest BCUT2D eigenvalue weighted by atomic mass is 10.3. The van der Waals surface area contributed by atoms with Crippen LogP contribution >= 0.6 is 11.6 Å². The topological polar surface area (TPSA) is 29.4 Å². The molecule has 52 valence electrons. The van der Waals surface area contributed by atoms with Crippen LogP contribution in [0.3, 0.4) is 0 Å². The monoisotopic (exact) mass is 173 g/mol. The fourth-order valence-corrected chi connectivity index (χ4v) is 1.03. The molecule has 0 N–H and O–H groups in total. The van der Waals surface area contributed by atoms with Crippen molar-refractivity contribution < 1.29 is 4.21 Å². The molecule has 2 nitrogen and oxygen atoms in total. The summed E-state index contributed by atoms with van der Waals surface area (Å²) in [5, 5.41) is 0.505. The fraction of sp³-hybridized carbons (Fsp3) is 0. The average Bonchev–Trinajstić information content (AvgIpc) is 1.94. The first-order valence-corrected chi connectivity index (χ1v) is 3.67. The van der Waals surface area contributed by atoms with Crippen LogP contribution in [-0.4, -0.2) is 4.21 Å². The maximum Gasteiger partial charge on any atom is 0.205 e. The van der Waals surface area contributed by atoms with Gasteiger partial charge in [0.05, 0.1) is 10.7 Å². The van der Waals surface area contributed by atoms with Gasteiger partial charge in [-0.15, -0.1) is 0 Å². The summed E-state index contributed by atoms with van der Waals surface area (Å²) < 4.78 is 13.5. The average molecular weight is 174 g/mol. The summed E-state index contributed by atoms with van der Waals surface area (Å²) in [5.41, 5.74) is 0.532. The highest BCUT2D eigenvalue weighted by molar-refractivity contribution is 7.54. The SMILES string of the molecule is O=S=Nc1ccccc1Cl. The fourth-order valence-electron chi connectivity index (χ4n) is 0.566. The molecule has 4 heteroatoms. The third-order valence-corrected chi connectivity index (χ3v) is 1.58. The van der Waals surface area contributed by atoms with Gasteiger partial charge in [0.1, 0.15) is 0 Å². The molecule has 0 spiro atoms. The first-order valence-electron chi connectivity index (χ1n) is 2.59. The van der Waals surface area contributed by atoms with E-state index in [-0.39, 0.29) is 11.5 Å². The maximum atomic E-state index is 9.94. The quantitative estimate of drug-likeness (QED) is 0.641. The zero-order chi connectivity index (χ0) is 7.40. The Labute approximate surface area is 67.1 Å². The van der Waals surface area contributed by atoms with Crippen molar-refractivity contribution in [3.05, 3.63) is 29.3 Å². The second-order valence-electron chi connectivity index (χ2n) is 1.62. The Morgan fingerprint density at radius 2 is 2.10 bits per heavy atom. The highest BCUT2D eigenvalue weighted by atomic mass is 35.5. The number of halogens is 1. The van der Waals surface area contributed by atoms with Crippen molar-refractivity contribution in [2.24, 2.45) is 4.36 Å². The lowest BCUT2D eigenvalue weighted by molar-refractivity contribution is 0.698. The summed E-state index contributed by atoms with van der Waals surface area (Å²) in [7, 11) is 0. The van der Waals surface area contributed by atoms with Crippen molar-refractivity contribution in [1.82, 2.24) is 0 Å². The number of nitrogens with zero attached hydrogens (tertiary/aromatic N) is 1. The van der Waals surface area contributed by atoms with E-state index in [0.29, 0.717) is 10.7 Å². The van der Waals surface area contributed by atoms with Crippen LogP contribution < -0.4 is 0 Å². The van der Waals surface area contributed by atoms with Crippen LogP contribution in [0, 0.1) is 0 Å². The Bertz CT molecular complexity index is 283. The lowest BCUT2D eigenvalue weighted by Crippen LogP contribution is -1.63. The van der Waals surface area contributed by atoms with Gasteiger partial charge in [-0.3, -0.25) is 0 Å². The summed E-state index contributed by atoms with van der Waals surface area (Å²) >= 11 is 5.82. The Morgan fingerprint density at radius 1 is 1.40 bits per heavy atom. The van der Waals surface area contributed by atoms with E-state index in [4.69, 9.17) is 11.6 Å². The third-order valence-electron chi connectivity index (χ3n) is 0.988. The first kappa shape index (κ1) is 7.44. The third kappa shape index (κ3) is 1.65. The molecule has 0 unspecified atom stereocenters. The number of benzene rings is 1. The van der Waals surface area contributed by atoms with Crippen LogP contribution in [0.25, 0.3) is 0 Å². The van der Waals surface area contributed by atoms with Crippen molar-refractivity contribution in [2.45, 2.75) is 0 Å². The van der Waals surface area contributed by atoms with Gasteiger partial charge in [0, 0.05) is 0 Å². The van der Waals surface area contributed by atoms with Crippen molar-refractivity contribution in [3.8, 4) is 0 Å². The second kappa shape index (κ2) is 3.49. The molecule has 0 saturated carbocycles. The molecule has 0 amide bonds. The molecular formula is C6H4ClNOS. The zero-order valence-corrected chi connectivity index (χ0v) is 6.52. The highest BCUT2D eigenvalue weighted by Crippen LogP contribution is 2.22. The van der Waals surface area contributed by atoms with Crippen molar-refractivity contribution in [1.29, 1.82) is 0 Å². The molecule has 0 radical (unpaired) electrons. The normalized spacial score (nSPS) is 8.90. The molecule has 0 bridgehead atoms. The van der Waals surface area contributed by atoms with Crippen LogP contribution in [0.15, 0.2) is 28.6 Å². The van der Waals surface area contributed by atoms with E-state index in [9.17, 15) is 4.21 Å². The van der Waals surface area contributed by atoms with Crippen molar-refractivity contribution in [3.63, 3.8) is 0 Å². The van der Waals surface area contributed by atoms with Gasteiger partial charge in [-0.25, -0.2) is 0 Å². The van der Waals surface area contributed by atoms with Crippen molar-refractivity contribution in [2.75, 3.05) is 0 Å². The summed E-state index contributed by atoms with van der Waals surface area (Å²) in [6.45, 7) is 0. The molecular weight excluding hydrogens is 170 g/mol. The molecule has 0 aromatic heterocycles. The minimum absolute atomic E-state index is 0.159. The molecule has 0 saturated heterocycles. The van der Waals surface area contributed by atoms with Crippen LogP contribution in [0.5, 0.6) is 0 Å². The molecule has 1 aromatic rings. The summed E-state index contributed by atoms with van der Waals surface area (Å²) in [5.74, 6) is 0. The smallest absolute Gasteiger partial charge is 0.191 e. The highest BCUT2D eigenvalue weighted by Gasteiger charge is 1.92. The van der Waals surface area contributed by atoms with E-state index in [1.54, 1.807) is 24.3 Å². The van der Waals surface area contributed by atoms with Crippen LogP contribution in [0.1, 0.15) is 0 Å². The molecule has 0 heterocycles. The largest absolute Gasteiger partial charge is 0.205 e. The molecule has 1 aromatic carbocycles. The standard InChI is InChI=1S/C6H4ClNOS/c7-5-3-1-2-4-6(5)8-10-9/h1-4H. The number of hydrogen-bond donors (Lipinski definition) is 0. The Morgan fingerprint density at radius 3 is 2.70 bits per heavy atom. The lowest BCUT2D eigenvalue weighted by Gasteiger charge is -1.90. The van der Waals surface area contributed by atoms with Gasteiger partial charge in [-0.05, 0) is 12.1 Å². The van der Waals surface area contributed by atoms with Gasteiger partial charge in [0.2, 0.25) is 11.5 Å². The van der Waals surface area contributed by atoms with E-state index in [1.807, 2.05) is 0 Å². The van der Waals surface area contributed by atoms with Gasteiger partial charge in [0.15, 0.2) is 0 Å². The molecule has 0 aliphatic heterocycles. The summed E-state index contributed by atoms with van der Waals surface area (Å²) in [6.07, 6.45) is 0. The van der Waals surface area contributed by atoms with E-state index < -0.39 is 0 Å². The minimum Gasteiger partial charge on any atom is -0.191 e. The van der Waals surface area contributed by atoms with Crippen molar-refractivity contribution >= 4 is 28.8 Å². The molecule has 10 heavy (non-hydrogen) atoms. The van der Waals surface area contributed by atoms with Gasteiger partial charge in [-0.2, -0.15) is 8.57 Å². The summed E-state index contributed by atoms with van der Waals surface area (Å²) in [6, 6.07) is 6.95. The molecule has 1 rings (SSSR count). The molecule has 0 fully saturated rings. The van der Waals surface area contributed by atoms with E-state index >= 15 is 0 Å². The van der Waals surface area contributed by atoms with E-state index in [2.05, 4.69) is 4.36 Å². The van der Waals surface area contributed by atoms with Gasteiger partial charge < -0.3 is 0 Å².